The highest BCUT2D eigenvalue weighted by Gasteiger charge is 2.44. The fraction of sp³-hybridized carbons (Fsp3) is 0.400. The van der Waals surface area contributed by atoms with E-state index in [2.05, 4.69) is 14.5 Å². The van der Waals surface area contributed by atoms with Crippen LogP contribution in [0, 0.1) is 30.4 Å². The number of imidazole rings is 1. The Morgan fingerprint density at radius 3 is 2.56 bits per heavy atom. The lowest BCUT2D eigenvalue weighted by Gasteiger charge is -2.39. The summed E-state index contributed by atoms with van der Waals surface area (Å²) in [6, 6.07) is 11.6. The molecule has 5 rings (SSSR count). The largest absolute Gasteiger partial charge is 0.485 e. The van der Waals surface area contributed by atoms with E-state index in [1.165, 1.54) is 12.1 Å². The molecule has 0 spiro atoms. The number of hydrogen-bond donors (Lipinski definition) is 0. The van der Waals surface area contributed by atoms with Crippen molar-refractivity contribution in [1.82, 2.24) is 14.5 Å². The fourth-order valence-electron chi connectivity index (χ4n) is 5.37. The zero-order valence-electron chi connectivity index (χ0n) is 17.9. The van der Waals surface area contributed by atoms with Crippen molar-refractivity contribution in [2.75, 3.05) is 13.1 Å². The average molecular weight is 458 g/mol. The number of halogens is 3. The van der Waals surface area contributed by atoms with Gasteiger partial charge in [0.2, 0.25) is 0 Å². The highest BCUT2D eigenvalue weighted by Crippen LogP contribution is 2.43. The summed E-state index contributed by atoms with van der Waals surface area (Å²) in [6.07, 6.45) is 5.46. The lowest BCUT2D eigenvalue weighted by atomic mass is 9.77. The summed E-state index contributed by atoms with van der Waals surface area (Å²) >= 11 is 5.97. The van der Waals surface area contributed by atoms with Crippen LogP contribution in [-0.2, 0) is 6.54 Å². The molecule has 2 fully saturated rings. The molecule has 1 aliphatic heterocycles. The van der Waals surface area contributed by atoms with E-state index in [1.807, 2.05) is 13.1 Å². The van der Waals surface area contributed by atoms with Gasteiger partial charge in [0.1, 0.15) is 17.7 Å². The van der Waals surface area contributed by atoms with Crippen LogP contribution in [0.1, 0.15) is 30.3 Å². The Hall–Kier alpha value is -2.44. The Kier molecular flexibility index (Phi) is 5.91. The molecule has 0 amide bonds. The zero-order valence-corrected chi connectivity index (χ0v) is 18.7. The number of ether oxygens (including phenoxy) is 1. The second kappa shape index (κ2) is 8.83. The summed E-state index contributed by atoms with van der Waals surface area (Å²) in [6.45, 7) is 4.63. The lowest BCUT2D eigenvalue weighted by molar-refractivity contribution is 0.0509. The Morgan fingerprint density at radius 1 is 1.06 bits per heavy atom. The van der Waals surface area contributed by atoms with Crippen LogP contribution >= 0.6 is 11.6 Å². The maximum Gasteiger partial charge on any atom is 0.165 e. The second-order valence-electron chi connectivity index (χ2n) is 8.97. The van der Waals surface area contributed by atoms with Gasteiger partial charge >= 0.3 is 0 Å². The molecule has 2 aliphatic rings. The molecule has 0 unspecified atom stereocenters. The van der Waals surface area contributed by atoms with Gasteiger partial charge in [-0.1, -0.05) is 29.8 Å². The quantitative estimate of drug-likeness (QED) is 0.495. The van der Waals surface area contributed by atoms with Crippen LogP contribution in [0.15, 0.2) is 54.9 Å². The van der Waals surface area contributed by atoms with Crippen molar-refractivity contribution in [3.05, 3.63) is 82.9 Å². The van der Waals surface area contributed by atoms with Crippen LogP contribution in [0.3, 0.4) is 0 Å². The van der Waals surface area contributed by atoms with Crippen molar-refractivity contribution >= 4 is 11.6 Å². The van der Waals surface area contributed by atoms with Crippen LogP contribution in [0.25, 0.3) is 0 Å². The zero-order chi connectivity index (χ0) is 22.2. The van der Waals surface area contributed by atoms with E-state index < -0.39 is 5.82 Å². The van der Waals surface area contributed by atoms with Crippen molar-refractivity contribution in [3.8, 4) is 5.75 Å². The average Bonchev–Trinajstić information content (AvgIpc) is 3.36. The van der Waals surface area contributed by atoms with E-state index >= 15 is 0 Å². The number of fused-ring (bicyclic) bond motifs is 1. The van der Waals surface area contributed by atoms with E-state index in [9.17, 15) is 8.78 Å². The molecule has 168 valence electrons. The molecule has 0 N–H and O–H groups in total. The molecule has 0 radical (unpaired) electrons. The minimum Gasteiger partial charge on any atom is -0.485 e. The molecule has 2 aromatic carbocycles. The van der Waals surface area contributed by atoms with Gasteiger partial charge in [0.25, 0.3) is 0 Å². The molecular weight excluding hydrogens is 432 g/mol. The summed E-state index contributed by atoms with van der Waals surface area (Å²) in [5.41, 5.74) is 1.01. The molecule has 32 heavy (non-hydrogen) atoms. The molecule has 1 saturated heterocycles. The molecule has 1 aliphatic carbocycles. The van der Waals surface area contributed by atoms with Crippen LogP contribution in [0.5, 0.6) is 5.75 Å². The van der Waals surface area contributed by atoms with Gasteiger partial charge in [-0.3, -0.25) is 4.90 Å². The number of benzene rings is 2. The summed E-state index contributed by atoms with van der Waals surface area (Å²) in [4.78, 5) is 6.81. The molecular formula is C25H26ClF2N3O. The first-order valence-electron chi connectivity index (χ1n) is 11.0. The van der Waals surface area contributed by atoms with Gasteiger partial charge in [-0.05, 0) is 61.4 Å². The number of hydrogen-bond acceptors (Lipinski definition) is 3. The van der Waals surface area contributed by atoms with Crippen molar-refractivity contribution in [1.29, 1.82) is 0 Å². The highest BCUT2D eigenvalue weighted by molar-refractivity contribution is 6.30. The molecule has 1 aromatic heterocycles. The maximum atomic E-state index is 14.3. The highest BCUT2D eigenvalue weighted by atomic mass is 35.5. The molecule has 4 atom stereocenters. The summed E-state index contributed by atoms with van der Waals surface area (Å²) in [5, 5.41) is 0.160. The summed E-state index contributed by atoms with van der Waals surface area (Å²) in [7, 11) is 0. The SMILES string of the molecule is Cc1nccn1[C@H]1C[C@H]2CN(Cc3ccc(F)c(Cl)c3)C[C@H]2C[C@@H]1Oc1ccccc1F. The topological polar surface area (TPSA) is 30.3 Å². The Morgan fingerprint density at radius 2 is 1.84 bits per heavy atom. The number of likely N-dealkylation sites (tertiary alicyclic amines) is 1. The molecule has 1 saturated carbocycles. The normalized spacial score (nSPS) is 25.6. The first-order chi connectivity index (χ1) is 15.5. The molecule has 7 heteroatoms. The summed E-state index contributed by atoms with van der Waals surface area (Å²) < 4.78 is 36.3. The standard InChI is InChI=1S/C25H26ClF2N3O/c1-16-29-8-9-31(16)23-11-18-14-30(13-17-6-7-21(27)20(26)10-17)15-19(18)12-25(23)32-24-5-3-2-4-22(24)28/h2-10,18-19,23,25H,11-15H2,1H3/t18-,19+,23-,25-/m0/s1. The van der Waals surface area contributed by atoms with Gasteiger partial charge in [0, 0.05) is 32.0 Å². The van der Waals surface area contributed by atoms with Crippen molar-refractivity contribution in [2.45, 2.75) is 38.5 Å². The van der Waals surface area contributed by atoms with Gasteiger partial charge in [-0.2, -0.15) is 0 Å². The van der Waals surface area contributed by atoms with Crippen LogP contribution in [0.2, 0.25) is 5.02 Å². The minimum atomic E-state index is -0.391. The lowest BCUT2D eigenvalue weighted by Crippen LogP contribution is -2.40. The third kappa shape index (κ3) is 4.26. The Labute approximate surface area is 191 Å². The predicted octanol–water partition coefficient (Wildman–Crippen LogP) is 5.65. The molecule has 3 aromatic rings. The predicted molar refractivity (Wildman–Crippen MR) is 120 cm³/mol. The van der Waals surface area contributed by atoms with E-state index in [-0.39, 0.29) is 23.0 Å². The van der Waals surface area contributed by atoms with Crippen LogP contribution in [0.4, 0.5) is 8.78 Å². The Bertz CT molecular complexity index is 1100. The minimum absolute atomic E-state index is 0.0959. The second-order valence-corrected chi connectivity index (χ2v) is 9.38. The number of nitrogens with zero attached hydrogens (tertiary/aromatic N) is 3. The van der Waals surface area contributed by atoms with Crippen molar-refractivity contribution < 1.29 is 13.5 Å². The third-order valence-corrected chi connectivity index (χ3v) is 7.17. The first-order valence-corrected chi connectivity index (χ1v) is 11.4. The van der Waals surface area contributed by atoms with Crippen LogP contribution in [-0.4, -0.2) is 33.6 Å². The number of aromatic nitrogens is 2. The fourth-order valence-corrected chi connectivity index (χ4v) is 5.58. The Balaban J connectivity index is 1.35. The van der Waals surface area contributed by atoms with E-state index in [0.717, 1.165) is 43.9 Å². The van der Waals surface area contributed by atoms with Gasteiger partial charge in [-0.15, -0.1) is 0 Å². The van der Waals surface area contributed by atoms with E-state index in [0.29, 0.717) is 17.6 Å². The first kappa shape index (κ1) is 21.4. The third-order valence-electron chi connectivity index (χ3n) is 6.89. The number of aryl methyl sites for hydroxylation is 1. The van der Waals surface area contributed by atoms with Crippen LogP contribution < -0.4 is 4.74 Å². The monoisotopic (exact) mass is 457 g/mol. The smallest absolute Gasteiger partial charge is 0.165 e. The van der Waals surface area contributed by atoms with Gasteiger partial charge in [0.05, 0.1) is 11.1 Å². The van der Waals surface area contributed by atoms with Gasteiger partial charge in [-0.25, -0.2) is 13.8 Å². The molecule has 0 bridgehead atoms. The molecule has 4 nitrogen and oxygen atoms in total. The number of para-hydroxylation sites is 1. The van der Waals surface area contributed by atoms with Crippen molar-refractivity contribution in [3.63, 3.8) is 0 Å². The summed E-state index contributed by atoms with van der Waals surface area (Å²) in [5.74, 6) is 1.48. The van der Waals surface area contributed by atoms with E-state index in [1.54, 1.807) is 36.5 Å². The number of rotatable bonds is 5. The van der Waals surface area contributed by atoms with Gasteiger partial charge < -0.3 is 9.30 Å². The van der Waals surface area contributed by atoms with Gasteiger partial charge in [0.15, 0.2) is 11.6 Å². The maximum absolute atomic E-state index is 14.3. The van der Waals surface area contributed by atoms with Crippen molar-refractivity contribution in [2.24, 2.45) is 11.8 Å². The molecule has 2 heterocycles. The van der Waals surface area contributed by atoms with E-state index in [4.69, 9.17) is 16.3 Å².